The lowest BCUT2D eigenvalue weighted by atomic mass is 9.72. The van der Waals surface area contributed by atoms with E-state index in [1.807, 2.05) is 7.05 Å². The number of hydrogen-bond acceptors (Lipinski definition) is 1. The minimum Gasteiger partial charge on any atom is -0.317 e. The number of halogens is 2. The molecule has 1 aliphatic rings. The van der Waals surface area contributed by atoms with Gasteiger partial charge in [-0.3, -0.25) is 0 Å². The van der Waals surface area contributed by atoms with Crippen molar-refractivity contribution in [1.82, 2.24) is 5.32 Å². The quantitative estimate of drug-likeness (QED) is 0.851. The van der Waals surface area contributed by atoms with Crippen LogP contribution < -0.4 is 5.32 Å². The van der Waals surface area contributed by atoms with Crippen LogP contribution in [0, 0.1) is 23.6 Å². The average Bonchev–Trinajstić information content (AvgIpc) is 2.42. The zero-order valence-electron chi connectivity index (χ0n) is 12.6. The smallest absolute Gasteiger partial charge is 0.126 e. The van der Waals surface area contributed by atoms with Crippen molar-refractivity contribution < 1.29 is 4.39 Å². The summed E-state index contributed by atoms with van der Waals surface area (Å²) in [6.45, 7) is 4.59. The largest absolute Gasteiger partial charge is 0.317 e. The summed E-state index contributed by atoms with van der Waals surface area (Å²) in [5.41, 5.74) is 0.757. The fourth-order valence-electron chi connectivity index (χ4n) is 3.49. The van der Waals surface area contributed by atoms with Gasteiger partial charge in [0.15, 0.2) is 0 Å². The molecule has 1 N–H and O–H groups in total. The normalized spacial score (nSPS) is 27.0. The number of nitrogens with one attached hydrogen (secondary N) is 1. The van der Waals surface area contributed by atoms with E-state index in [0.717, 1.165) is 17.9 Å². The van der Waals surface area contributed by atoms with Crippen molar-refractivity contribution in [3.05, 3.63) is 34.6 Å². The monoisotopic (exact) mass is 297 g/mol. The molecule has 0 saturated heterocycles. The van der Waals surface area contributed by atoms with Crippen molar-refractivity contribution in [2.75, 3.05) is 7.05 Å². The van der Waals surface area contributed by atoms with Crippen LogP contribution in [0.5, 0.6) is 0 Å². The van der Waals surface area contributed by atoms with E-state index < -0.39 is 0 Å². The summed E-state index contributed by atoms with van der Waals surface area (Å²) in [5.74, 6) is 1.83. The first-order chi connectivity index (χ1) is 9.51. The number of hydrogen-bond donors (Lipinski definition) is 1. The predicted octanol–water partition coefficient (Wildman–Crippen LogP) is 4.68. The molecule has 3 heteroatoms. The second-order valence-electron chi connectivity index (χ2n) is 6.41. The minimum absolute atomic E-state index is 0.129. The van der Waals surface area contributed by atoms with Gasteiger partial charge in [-0.25, -0.2) is 4.39 Å². The van der Waals surface area contributed by atoms with Crippen LogP contribution in [0.25, 0.3) is 0 Å². The second kappa shape index (κ2) is 6.91. The zero-order chi connectivity index (χ0) is 14.7. The predicted molar refractivity (Wildman–Crippen MR) is 83.6 cm³/mol. The van der Waals surface area contributed by atoms with Gasteiger partial charge in [0, 0.05) is 11.1 Å². The van der Waals surface area contributed by atoms with E-state index in [0.29, 0.717) is 22.9 Å². The summed E-state index contributed by atoms with van der Waals surface area (Å²) < 4.78 is 13.9. The van der Waals surface area contributed by atoms with Crippen molar-refractivity contribution in [3.8, 4) is 0 Å². The lowest BCUT2D eigenvalue weighted by Crippen LogP contribution is -2.40. The van der Waals surface area contributed by atoms with Crippen LogP contribution in [-0.2, 0) is 6.42 Å². The van der Waals surface area contributed by atoms with E-state index in [1.54, 1.807) is 12.1 Å². The van der Waals surface area contributed by atoms with Crippen LogP contribution in [0.15, 0.2) is 18.2 Å². The molecule has 3 atom stereocenters. The Hall–Kier alpha value is -0.600. The molecular weight excluding hydrogens is 273 g/mol. The Balaban J connectivity index is 2.13. The third kappa shape index (κ3) is 3.73. The standard InChI is InChI=1S/C17H25ClFN/c1-11(2)12-4-7-17(20-3)14(8-12)9-13-10-15(18)5-6-16(13)19/h5-6,10-12,14,17,20H,4,7-9H2,1-3H3. The molecule has 0 bridgehead atoms. The molecule has 0 amide bonds. The Kier molecular flexibility index (Phi) is 5.45. The number of rotatable bonds is 4. The summed E-state index contributed by atoms with van der Waals surface area (Å²) in [7, 11) is 2.02. The zero-order valence-corrected chi connectivity index (χ0v) is 13.4. The van der Waals surface area contributed by atoms with Crippen LogP contribution in [0.1, 0.15) is 38.7 Å². The van der Waals surface area contributed by atoms with Crippen LogP contribution >= 0.6 is 11.6 Å². The lowest BCUT2D eigenvalue weighted by Gasteiger charge is -2.38. The van der Waals surface area contributed by atoms with E-state index in [1.165, 1.54) is 25.3 Å². The second-order valence-corrected chi connectivity index (χ2v) is 6.85. The molecule has 20 heavy (non-hydrogen) atoms. The van der Waals surface area contributed by atoms with E-state index >= 15 is 0 Å². The summed E-state index contributed by atoms with van der Waals surface area (Å²) in [4.78, 5) is 0. The van der Waals surface area contributed by atoms with Gasteiger partial charge < -0.3 is 5.32 Å². The molecule has 3 unspecified atom stereocenters. The average molecular weight is 298 g/mol. The Morgan fingerprint density at radius 2 is 2.10 bits per heavy atom. The van der Waals surface area contributed by atoms with E-state index in [9.17, 15) is 4.39 Å². The van der Waals surface area contributed by atoms with Crippen LogP contribution in [-0.4, -0.2) is 13.1 Å². The first-order valence-electron chi connectivity index (χ1n) is 7.62. The fraction of sp³-hybridized carbons (Fsp3) is 0.647. The highest BCUT2D eigenvalue weighted by atomic mass is 35.5. The maximum Gasteiger partial charge on any atom is 0.126 e. The highest BCUT2D eigenvalue weighted by Crippen LogP contribution is 2.36. The van der Waals surface area contributed by atoms with E-state index in [-0.39, 0.29) is 5.82 Å². The highest BCUT2D eigenvalue weighted by molar-refractivity contribution is 6.30. The molecule has 1 aliphatic carbocycles. The molecule has 1 nitrogen and oxygen atoms in total. The summed E-state index contributed by atoms with van der Waals surface area (Å²) >= 11 is 6.00. The van der Waals surface area contributed by atoms with Crippen molar-refractivity contribution in [2.24, 2.45) is 17.8 Å². The summed E-state index contributed by atoms with van der Waals surface area (Å²) in [6.07, 6.45) is 4.42. The maximum absolute atomic E-state index is 13.9. The molecule has 112 valence electrons. The van der Waals surface area contributed by atoms with Crippen LogP contribution in [0.2, 0.25) is 5.02 Å². The van der Waals surface area contributed by atoms with Gasteiger partial charge >= 0.3 is 0 Å². The molecule has 0 radical (unpaired) electrons. The van der Waals surface area contributed by atoms with E-state index in [2.05, 4.69) is 19.2 Å². The minimum atomic E-state index is -0.129. The third-order valence-corrected chi connectivity index (χ3v) is 5.06. The molecule has 0 spiro atoms. The van der Waals surface area contributed by atoms with Crippen molar-refractivity contribution in [1.29, 1.82) is 0 Å². The van der Waals surface area contributed by atoms with Gasteiger partial charge in [-0.2, -0.15) is 0 Å². The van der Waals surface area contributed by atoms with E-state index in [4.69, 9.17) is 11.6 Å². The molecule has 1 fully saturated rings. The maximum atomic E-state index is 13.9. The third-order valence-electron chi connectivity index (χ3n) is 4.83. The summed E-state index contributed by atoms with van der Waals surface area (Å²) in [6, 6.07) is 5.37. The molecular formula is C17H25ClFN. The van der Waals surface area contributed by atoms with Crippen molar-refractivity contribution in [3.63, 3.8) is 0 Å². The summed E-state index contributed by atoms with van der Waals surface area (Å²) in [5, 5.41) is 4.04. The van der Waals surface area contributed by atoms with Gasteiger partial charge in [0.05, 0.1) is 0 Å². The molecule has 0 heterocycles. The Morgan fingerprint density at radius 1 is 1.35 bits per heavy atom. The molecule has 1 saturated carbocycles. The van der Waals surface area contributed by atoms with Gasteiger partial charge in [-0.05, 0) is 74.2 Å². The van der Waals surface area contributed by atoms with Gasteiger partial charge in [0.1, 0.15) is 5.82 Å². The first kappa shape index (κ1) is 15.8. The van der Waals surface area contributed by atoms with Crippen LogP contribution in [0.4, 0.5) is 4.39 Å². The first-order valence-corrected chi connectivity index (χ1v) is 8.00. The number of benzene rings is 1. The van der Waals surface area contributed by atoms with Gasteiger partial charge in [0.2, 0.25) is 0 Å². The topological polar surface area (TPSA) is 12.0 Å². The van der Waals surface area contributed by atoms with Crippen molar-refractivity contribution >= 4 is 11.6 Å². The van der Waals surface area contributed by atoms with Gasteiger partial charge in [-0.15, -0.1) is 0 Å². The Bertz CT molecular complexity index is 447. The fourth-order valence-corrected chi connectivity index (χ4v) is 3.69. The van der Waals surface area contributed by atoms with Crippen LogP contribution in [0.3, 0.4) is 0 Å². The molecule has 1 aromatic carbocycles. The molecule has 1 aromatic rings. The Labute approximate surface area is 126 Å². The SMILES string of the molecule is CNC1CCC(C(C)C)CC1Cc1cc(Cl)ccc1F. The van der Waals surface area contributed by atoms with Gasteiger partial charge in [-0.1, -0.05) is 25.4 Å². The lowest BCUT2D eigenvalue weighted by molar-refractivity contribution is 0.172. The van der Waals surface area contributed by atoms with Crippen molar-refractivity contribution in [2.45, 2.75) is 45.6 Å². The highest BCUT2D eigenvalue weighted by Gasteiger charge is 2.31. The van der Waals surface area contributed by atoms with Gasteiger partial charge in [0.25, 0.3) is 0 Å². The molecule has 0 aromatic heterocycles. The Morgan fingerprint density at radius 3 is 2.75 bits per heavy atom. The molecule has 2 rings (SSSR count). The molecule has 0 aliphatic heterocycles.